The Morgan fingerprint density at radius 2 is 2.41 bits per heavy atom. The largest absolute Gasteiger partial charge is 0.476 e. The van der Waals surface area contributed by atoms with Crippen LogP contribution in [-0.2, 0) is 5.75 Å². The number of hydrogen-bond acceptors (Lipinski definition) is 5. The first-order chi connectivity index (χ1) is 8.16. The molecule has 0 aromatic carbocycles. The van der Waals surface area contributed by atoms with E-state index in [1.807, 2.05) is 12.1 Å². The zero-order valence-corrected chi connectivity index (χ0v) is 11.7. The molecule has 0 bridgehead atoms. The minimum atomic E-state index is -0.981. The zero-order chi connectivity index (χ0) is 12.3. The standard InChI is InChI=1S/C10H7BrN2O2S2/c11-7-2-1-3-12-8(7)16-4-6-5-17-9(13-6)10(14)15/h1-3,5H,4H2,(H,14,15). The summed E-state index contributed by atoms with van der Waals surface area (Å²) in [5.41, 5.74) is 0.759. The molecule has 4 nitrogen and oxygen atoms in total. The van der Waals surface area contributed by atoms with Crippen LogP contribution in [0.15, 0.2) is 33.2 Å². The van der Waals surface area contributed by atoms with Crippen LogP contribution in [0.1, 0.15) is 15.5 Å². The normalized spacial score (nSPS) is 10.4. The highest BCUT2D eigenvalue weighted by atomic mass is 79.9. The SMILES string of the molecule is O=C(O)c1nc(CSc2ncccc2Br)cs1. The Hall–Kier alpha value is -0.920. The van der Waals surface area contributed by atoms with E-state index in [2.05, 4.69) is 25.9 Å². The van der Waals surface area contributed by atoms with Crippen molar-refractivity contribution in [3.63, 3.8) is 0 Å². The van der Waals surface area contributed by atoms with Crippen LogP contribution < -0.4 is 0 Å². The van der Waals surface area contributed by atoms with Gasteiger partial charge in [-0.2, -0.15) is 0 Å². The highest BCUT2D eigenvalue weighted by Crippen LogP contribution is 2.27. The Morgan fingerprint density at radius 1 is 1.59 bits per heavy atom. The van der Waals surface area contributed by atoms with Crippen molar-refractivity contribution in [3.8, 4) is 0 Å². The minimum absolute atomic E-state index is 0.126. The van der Waals surface area contributed by atoms with Gasteiger partial charge < -0.3 is 5.11 Å². The molecule has 1 N–H and O–H groups in total. The summed E-state index contributed by atoms with van der Waals surface area (Å²) in [4.78, 5) is 18.9. The number of carboxylic acids is 1. The number of thioether (sulfide) groups is 1. The summed E-state index contributed by atoms with van der Waals surface area (Å²) in [6.45, 7) is 0. The summed E-state index contributed by atoms with van der Waals surface area (Å²) in [5.74, 6) is -0.371. The van der Waals surface area contributed by atoms with Crippen molar-refractivity contribution in [2.24, 2.45) is 0 Å². The maximum absolute atomic E-state index is 10.7. The molecule has 0 saturated carbocycles. The highest BCUT2D eigenvalue weighted by molar-refractivity contribution is 9.10. The van der Waals surface area contributed by atoms with Gasteiger partial charge in [0.15, 0.2) is 0 Å². The number of thiazole rings is 1. The number of aromatic carboxylic acids is 1. The molecule has 17 heavy (non-hydrogen) atoms. The maximum Gasteiger partial charge on any atom is 0.365 e. The summed E-state index contributed by atoms with van der Waals surface area (Å²) < 4.78 is 0.929. The predicted octanol–water partition coefficient (Wildman–Crippen LogP) is 3.29. The van der Waals surface area contributed by atoms with E-state index in [9.17, 15) is 4.79 Å². The third kappa shape index (κ3) is 3.27. The Bertz CT molecular complexity index is 545. The lowest BCUT2D eigenvalue weighted by molar-refractivity contribution is 0.0696. The van der Waals surface area contributed by atoms with E-state index in [1.165, 1.54) is 11.8 Å². The Kier molecular flexibility index (Phi) is 4.14. The Balaban J connectivity index is 2.02. The smallest absolute Gasteiger partial charge is 0.365 e. The average Bonchev–Trinajstić information content (AvgIpc) is 2.77. The molecule has 7 heteroatoms. The second-order valence-corrected chi connectivity index (χ2v) is 5.70. The predicted molar refractivity (Wildman–Crippen MR) is 70.6 cm³/mol. The fourth-order valence-electron chi connectivity index (χ4n) is 1.09. The molecule has 2 aromatic heterocycles. The molecule has 2 heterocycles. The number of hydrogen-bond donors (Lipinski definition) is 1. The molecule has 0 fully saturated rings. The van der Waals surface area contributed by atoms with Crippen LogP contribution in [0.2, 0.25) is 0 Å². The van der Waals surface area contributed by atoms with E-state index < -0.39 is 5.97 Å². The first-order valence-electron chi connectivity index (χ1n) is 4.58. The van der Waals surface area contributed by atoms with Gasteiger partial charge in [-0.1, -0.05) is 11.8 Å². The van der Waals surface area contributed by atoms with E-state index in [4.69, 9.17) is 5.11 Å². The second kappa shape index (κ2) is 5.61. The van der Waals surface area contributed by atoms with Crippen molar-refractivity contribution in [2.75, 3.05) is 0 Å². The first-order valence-corrected chi connectivity index (χ1v) is 7.23. The first kappa shape index (κ1) is 12.5. The Labute approximate surface area is 114 Å². The van der Waals surface area contributed by atoms with Gasteiger partial charge >= 0.3 is 5.97 Å². The van der Waals surface area contributed by atoms with Gasteiger partial charge in [-0.15, -0.1) is 11.3 Å². The lowest BCUT2D eigenvalue weighted by Gasteiger charge is -2.00. The van der Waals surface area contributed by atoms with E-state index in [-0.39, 0.29) is 5.01 Å². The van der Waals surface area contributed by atoms with Crippen molar-refractivity contribution < 1.29 is 9.90 Å². The van der Waals surface area contributed by atoms with Crippen LogP contribution in [0, 0.1) is 0 Å². The third-order valence-electron chi connectivity index (χ3n) is 1.82. The summed E-state index contributed by atoms with van der Waals surface area (Å²) in [7, 11) is 0. The number of rotatable bonds is 4. The molecule has 0 aliphatic heterocycles. The fourth-order valence-corrected chi connectivity index (χ4v) is 3.22. The van der Waals surface area contributed by atoms with Crippen molar-refractivity contribution in [2.45, 2.75) is 10.8 Å². The van der Waals surface area contributed by atoms with Crippen molar-refractivity contribution in [3.05, 3.63) is 38.9 Å². The van der Waals surface area contributed by atoms with Gasteiger partial charge in [0.05, 0.1) is 5.69 Å². The minimum Gasteiger partial charge on any atom is -0.476 e. The van der Waals surface area contributed by atoms with Gasteiger partial charge in [0.1, 0.15) is 5.03 Å². The molecule has 0 aliphatic carbocycles. The van der Waals surface area contributed by atoms with E-state index in [1.54, 1.807) is 11.6 Å². The van der Waals surface area contributed by atoms with E-state index in [0.29, 0.717) is 5.75 Å². The maximum atomic E-state index is 10.7. The molecular formula is C10H7BrN2O2S2. The van der Waals surface area contributed by atoms with Crippen LogP contribution in [0.4, 0.5) is 0 Å². The molecule has 88 valence electrons. The Morgan fingerprint density at radius 3 is 3.06 bits per heavy atom. The van der Waals surface area contributed by atoms with E-state index in [0.717, 1.165) is 26.5 Å². The lowest BCUT2D eigenvalue weighted by atomic mass is 10.5. The number of pyridine rings is 1. The molecular weight excluding hydrogens is 324 g/mol. The number of aromatic nitrogens is 2. The molecule has 2 aromatic rings. The van der Waals surface area contributed by atoms with E-state index >= 15 is 0 Å². The second-order valence-electron chi connectivity index (χ2n) is 3.03. The highest BCUT2D eigenvalue weighted by Gasteiger charge is 2.09. The third-order valence-corrected chi connectivity index (χ3v) is 4.64. The van der Waals surface area contributed by atoms with Crippen LogP contribution in [-0.4, -0.2) is 21.0 Å². The van der Waals surface area contributed by atoms with Crippen molar-refractivity contribution in [1.82, 2.24) is 9.97 Å². The molecule has 2 rings (SSSR count). The van der Waals surface area contributed by atoms with Gasteiger partial charge in [-0.25, -0.2) is 14.8 Å². The van der Waals surface area contributed by atoms with Crippen LogP contribution >= 0.6 is 39.0 Å². The number of carboxylic acid groups (broad SMARTS) is 1. The van der Waals surface area contributed by atoms with Gasteiger partial charge in [0, 0.05) is 21.8 Å². The topological polar surface area (TPSA) is 63.1 Å². The van der Waals surface area contributed by atoms with Crippen LogP contribution in [0.25, 0.3) is 0 Å². The molecule has 0 amide bonds. The van der Waals surface area contributed by atoms with Gasteiger partial charge in [-0.05, 0) is 28.1 Å². The summed E-state index contributed by atoms with van der Waals surface area (Å²) in [6.07, 6.45) is 1.72. The van der Waals surface area contributed by atoms with Gasteiger partial charge in [0.2, 0.25) is 5.01 Å². The summed E-state index contributed by atoms with van der Waals surface area (Å²) in [5, 5.41) is 11.5. The summed E-state index contributed by atoms with van der Waals surface area (Å²) in [6, 6.07) is 3.76. The lowest BCUT2D eigenvalue weighted by Crippen LogP contribution is -1.95. The fraction of sp³-hybridized carbons (Fsp3) is 0.100. The molecule has 0 spiro atoms. The molecule has 0 radical (unpaired) electrons. The number of nitrogens with zero attached hydrogens (tertiary/aromatic N) is 2. The molecule has 0 saturated heterocycles. The van der Waals surface area contributed by atoms with Crippen molar-refractivity contribution >= 4 is 45.0 Å². The molecule has 0 aliphatic rings. The number of halogens is 1. The van der Waals surface area contributed by atoms with Crippen LogP contribution in [0.3, 0.4) is 0 Å². The van der Waals surface area contributed by atoms with Gasteiger partial charge in [0.25, 0.3) is 0 Å². The zero-order valence-electron chi connectivity index (χ0n) is 8.46. The van der Waals surface area contributed by atoms with Gasteiger partial charge in [-0.3, -0.25) is 0 Å². The monoisotopic (exact) mass is 330 g/mol. The van der Waals surface area contributed by atoms with Crippen LogP contribution in [0.5, 0.6) is 0 Å². The molecule has 0 atom stereocenters. The van der Waals surface area contributed by atoms with Crippen molar-refractivity contribution in [1.29, 1.82) is 0 Å². The quantitative estimate of drug-likeness (QED) is 0.871. The molecule has 0 unspecified atom stereocenters. The summed E-state index contributed by atoms with van der Waals surface area (Å²) >= 11 is 6.06. The number of carbonyl (C=O) groups is 1. The average molecular weight is 331 g/mol.